The van der Waals surface area contributed by atoms with Crippen molar-refractivity contribution in [2.45, 2.75) is 58.5 Å². The Balaban J connectivity index is 1.67. The number of aromatic nitrogens is 1. The van der Waals surface area contributed by atoms with Crippen LogP contribution in [0.1, 0.15) is 50.1 Å². The van der Waals surface area contributed by atoms with Crippen LogP contribution in [0.25, 0.3) is 0 Å². The highest BCUT2D eigenvalue weighted by molar-refractivity contribution is 7.09. The van der Waals surface area contributed by atoms with E-state index in [4.69, 9.17) is 4.74 Å². The van der Waals surface area contributed by atoms with Crippen molar-refractivity contribution >= 4 is 11.3 Å². The summed E-state index contributed by atoms with van der Waals surface area (Å²) in [5.74, 6) is 0.725. The molecule has 1 fully saturated rings. The Morgan fingerprint density at radius 1 is 1.45 bits per heavy atom. The minimum Gasteiger partial charge on any atom is -0.375 e. The standard InChI is InChI=1S/C16H28N2OS/c1-13(2)11-17-9-8-16(6-4-7-16)19-10-5-15-14(3)18-12-20-15/h12-13,17H,4-11H2,1-3H3. The molecule has 0 spiro atoms. The Labute approximate surface area is 127 Å². The van der Waals surface area contributed by atoms with E-state index in [0.717, 1.165) is 38.5 Å². The second kappa shape index (κ2) is 7.53. The summed E-state index contributed by atoms with van der Waals surface area (Å²) in [5, 5.41) is 3.53. The van der Waals surface area contributed by atoms with Crippen molar-refractivity contribution in [3.63, 3.8) is 0 Å². The molecular weight excluding hydrogens is 268 g/mol. The minimum atomic E-state index is 0.169. The lowest BCUT2D eigenvalue weighted by Gasteiger charge is -2.42. The third-order valence-electron chi connectivity index (χ3n) is 4.16. The van der Waals surface area contributed by atoms with Crippen molar-refractivity contribution < 1.29 is 4.74 Å². The smallest absolute Gasteiger partial charge is 0.0797 e. The van der Waals surface area contributed by atoms with Crippen LogP contribution in [0.15, 0.2) is 5.51 Å². The van der Waals surface area contributed by atoms with Gasteiger partial charge in [-0.1, -0.05) is 13.8 Å². The lowest BCUT2D eigenvalue weighted by Crippen LogP contribution is -2.43. The molecule has 0 radical (unpaired) electrons. The predicted molar refractivity (Wildman–Crippen MR) is 85.4 cm³/mol. The zero-order valence-corrected chi connectivity index (χ0v) is 13.9. The molecule has 0 aromatic carbocycles. The van der Waals surface area contributed by atoms with Gasteiger partial charge in [0.05, 0.1) is 23.4 Å². The lowest BCUT2D eigenvalue weighted by molar-refractivity contribution is -0.103. The zero-order chi connectivity index (χ0) is 14.4. The van der Waals surface area contributed by atoms with Gasteiger partial charge in [0.1, 0.15) is 0 Å². The van der Waals surface area contributed by atoms with Gasteiger partial charge in [0, 0.05) is 11.3 Å². The predicted octanol–water partition coefficient (Wildman–Crippen LogP) is 3.57. The molecule has 1 saturated carbocycles. The normalized spacial score (nSPS) is 17.4. The second-order valence-electron chi connectivity index (χ2n) is 6.34. The molecule has 0 unspecified atom stereocenters. The summed E-state index contributed by atoms with van der Waals surface area (Å²) in [6.07, 6.45) is 5.96. The van der Waals surface area contributed by atoms with Gasteiger partial charge in [-0.3, -0.25) is 0 Å². The monoisotopic (exact) mass is 296 g/mol. The highest BCUT2D eigenvalue weighted by Gasteiger charge is 2.37. The van der Waals surface area contributed by atoms with E-state index in [1.54, 1.807) is 11.3 Å². The van der Waals surface area contributed by atoms with Gasteiger partial charge in [-0.25, -0.2) is 4.98 Å². The number of hydrogen-bond donors (Lipinski definition) is 1. The summed E-state index contributed by atoms with van der Waals surface area (Å²) in [4.78, 5) is 5.67. The maximum atomic E-state index is 6.24. The molecule has 1 aliphatic carbocycles. The van der Waals surface area contributed by atoms with Crippen LogP contribution in [0.4, 0.5) is 0 Å². The van der Waals surface area contributed by atoms with Gasteiger partial charge in [-0.2, -0.15) is 0 Å². The van der Waals surface area contributed by atoms with Crippen LogP contribution in [0.2, 0.25) is 0 Å². The summed E-state index contributed by atoms with van der Waals surface area (Å²) >= 11 is 1.75. The van der Waals surface area contributed by atoms with E-state index in [0.29, 0.717) is 0 Å². The molecule has 0 amide bonds. The molecule has 4 heteroatoms. The van der Waals surface area contributed by atoms with E-state index in [9.17, 15) is 0 Å². The van der Waals surface area contributed by atoms with Gasteiger partial charge >= 0.3 is 0 Å². The molecular formula is C16H28N2OS. The summed E-state index contributed by atoms with van der Waals surface area (Å²) < 4.78 is 6.24. The first-order valence-corrected chi connectivity index (χ1v) is 8.73. The van der Waals surface area contributed by atoms with Crippen LogP contribution >= 0.6 is 11.3 Å². The van der Waals surface area contributed by atoms with Gasteiger partial charge in [0.2, 0.25) is 0 Å². The Hall–Kier alpha value is -0.450. The fourth-order valence-corrected chi connectivity index (χ4v) is 3.43. The van der Waals surface area contributed by atoms with Crippen molar-refractivity contribution in [1.82, 2.24) is 10.3 Å². The summed E-state index contributed by atoms with van der Waals surface area (Å²) in [5.41, 5.74) is 3.27. The topological polar surface area (TPSA) is 34.1 Å². The second-order valence-corrected chi connectivity index (χ2v) is 7.28. The van der Waals surface area contributed by atoms with Crippen LogP contribution < -0.4 is 5.32 Å². The summed E-state index contributed by atoms with van der Waals surface area (Å²) in [6, 6.07) is 0. The average Bonchev–Trinajstić information content (AvgIpc) is 2.76. The first-order chi connectivity index (χ1) is 9.61. The highest BCUT2D eigenvalue weighted by atomic mass is 32.1. The fraction of sp³-hybridized carbons (Fsp3) is 0.812. The van der Waals surface area contributed by atoms with Gasteiger partial charge in [0.15, 0.2) is 0 Å². The number of nitrogens with one attached hydrogen (secondary N) is 1. The Morgan fingerprint density at radius 2 is 2.25 bits per heavy atom. The van der Waals surface area contributed by atoms with Crippen molar-refractivity contribution in [3.05, 3.63) is 16.1 Å². The van der Waals surface area contributed by atoms with Crippen LogP contribution in [0, 0.1) is 12.8 Å². The molecule has 1 aromatic rings. The summed E-state index contributed by atoms with van der Waals surface area (Å²) in [7, 11) is 0. The molecule has 0 atom stereocenters. The van der Waals surface area contributed by atoms with Crippen LogP contribution in [0.3, 0.4) is 0 Å². The number of nitrogens with zero attached hydrogens (tertiary/aromatic N) is 1. The Bertz CT molecular complexity index is 399. The SMILES string of the molecule is Cc1ncsc1CCOC1(CCNCC(C)C)CCC1. The number of aryl methyl sites for hydroxylation is 1. The van der Waals surface area contributed by atoms with Gasteiger partial charge in [-0.15, -0.1) is 11.3 Å². The maximum absolute atomic E-state index is 6.24. The Kier molecular flexibility index (Phi) is 6.00. The highest BCUT2D eigenvalue weighted by Crippen LogP contribution is 2.38. The lowest BCUT2D eigenvalue weighted by atomic mass is 9.77. The zero-order valence-electron chi connectivity index (χ0n) is 13.1. The largest absolute Gasteiger partial charge is 0.375 e. The van der Waals surface area contributed by atoms with E-state index in [-0.39, 0.29) is 5.60 Å². The molecule has 20 heavy (non-hydrogen) atoms. The van der Waals surface area contributed by atoms with Crippen LogP contribution in [-0.4, -0.2) is 30.3 Å². The van der Waals surface area contributed by atoms with E-state index in [2.05, 4.69) is 31.1 Å². The van der Waals surface area contributed by atoms with Crippen molar-refractivity contribution in [2.75, 3.05) is 19.7 Å². The van der Waals surface area contributed by atoms with E-state index < -0.39 is 0 Å². The molecule has 1 N–H and O–H groups in total. The molecule has 0 saturated heterocycles. The number of rotatable bonds is 9. The molecule has 2 rings (SSSR count). The molecule has 1 heterocycles. The van der Waals surface area contributed by atoms with Gasteiger partial charge in [-0.05, 0) is 51.6 Å². The van der Waals surface area contributed by atoms with Crippen molar-refractivity contribution in [1.29, 1.82) is 0 Å². The van der Waals surface area contributed by atoms with E-state index in [1.807, 2.05) is 5.51 Å². The molecule has 114 valence electrons. The number of hydrogen-bond acceptors (Lipinski definition) is 4. The number of thiazole rings is 1. The summed E-state index contributed by atoms with van der Waals surface area (Å²) in [6.45, 7) is 9.61. The van der Waals surface area contributed by atoms with E-state index >= 15 is 0 Å². The van der Waals surface area contributed by atoms with Crippen LogP contribution in [-0.2, 0) is 11.2 Å². The molecule has 0 bridgehead atoms. The molecule has 1 aromatic heterocycles. The fourth-order valence-electron chi connectivity index (χ4n) is 2.67. The molecule has 3 nitrogen and oxygen atoms in total. The third-order valence-corrected chi connectivity index (χ3v) is 5.15. The van der Waals surface area contributed by atoms with Crippen LogP contribution in [0.5, 0.6) is 0 Å². The number of ether oxygens (including phenoxy) is 1. The Morgan fingerprint density at radius 3 is 2.80 bits per heavy atom. The van der Waals surface area contributed by atoms with Gasteiger partial charge < -0.3 is 10.1 Å². The third kappa shape index (κ3) is 4.54. The maximum Gasteiger partial charge on any atom is 0.0797 e. The molecule has 0 aliphatic heterocycles. The average molecular weight is 296 g/mol. The first kappa shape index (κ1) is 15.9. The first-order valence-electron chi connectivity index (χ1n) is 7.85. The van der Waals surface area contributed by atoms with E-state index in [1.165, 1.54) is 29.8 Å². The molecule has 1 aliphatic rings. The van der Waals surface area contributed by atoms with Crippen molar-refractivity contribution in [3.8, 4) is 0 Å². The quantitative estimate of drug-likeness (QED) is 0.707. The van der Waals surface area contributed by atoms with Gasteiger partial charge in [0.25, 0.3) is 0 Å². The minimum absolute atomic E-state index is 0.169. The van der Waals surface area contributed by atoms with Crippen molar-refractivity contribution in [2.24, 2.45) is 5.92 Å².